The maximum atomic E-state index is 14.0. The molecule has 0 fully saturated rings. The predicted molar refractivity (Wildman–Crippen MR) is 79.7 cm³/mol. The van der Waals surface area contributed by atoms with Gasteiger partial charge in [-0.15, -0.1) is 0 Å². The molecule has 4 nitrogen and oxygen atoms in total. The number of aliphatic hydroxyl groups is 1. The average molecular weight is 315 g/mol. The number of carbonyl (C=O) groups excluding carboxylic acids is 1. The minimum atomic E-state index is -3.36. The van der Waals surface area contributed by atoms with Gasteiger partial charge in [0.1, 0.15) is 11.2 Å². The third-order valence-corrected chi connectivity index (χ3v) is 2.92. The number of ether oxygens (including phenoxy) is 1. The number of amides is 1. The van der Waals surface area contributed by atoms with E-state index < -0.39 is 23.2 Å². The van der Waals surface area contributed by atoms with Crippen molar-refractivity contribution >= 4 is 6.09 Å². The lowest BCUT2D eigenvalue weighted by Gasteiger charge is -2.29. The van der Waals surface area contributed by atoms with Gasteiger partial charge in [-0.1, -0.05) is 24.3 Å². The zero-order chi connectivity index (χ0) is 17.2. The van der Waals surface area contributed by atoms with E-state index >= 15 is 0 Å². The van der Waals surface area contributed by atoms with Crippen LogP contribution in [0.5, 0.6) is 0 Å². The van der Waals surface area contributed by atoms with Crippen molar-refractivity contribution in [3.8, 4) is 0 Å². The molecule has 0 spiro atoms. The largest absolute Gasteiger partial charge is 0.444 e. The Labute approximate surface area is 129 Å². The first-order chi connectivity index (χ1) is 9.83. The van der Waals surface area contributed by atoms with Crippen LogP contribution in [0.2, 0.25) is 0 Å². The molecular weight excluding hydrogens is 292 g/mol. The molecule has 0 radical (unpaired) electrons. The maximum Gasteiger partial charge on any atom is 0.407 e. The van der Waals surface area contributed by atoms with Gasteiger partial charge in [0.2, 0.25) is 0 Å². The van der Waals surface area contributed by atoms with Crippen LogP contribution in [0.4, 0.5) is 13.6 Å². The Kier molecular flexibility index (Phi) is 5.18. The first kappa shape index (κ1) is 18.4. The number of alkyl carbamates (subject to hydrolysis) is 1. The van der Waals surface area contributed by atoms with Gasteiger partial charge in [-0.25, -0.2) is 4.79 Å². The fourth-order valence-electron chi connectivity index (χ4n) is 1.67. The second kappa shape index (κ2) is 6.20. The number of rotatable bonds is 4. The third-order valence-electron chi connectivity index (χ3n) is 2.92. The van der Waals surface area contributed by atoms with Crippen LogP contribution in [-0.4, -0.2) is 22.4 Å². The van der Waals surface area contributed by atoms with Gasteiger partial charge >= 0.3 is 12.0 Å². The van der Waals surface area contributed by atoms with Gasteiger partial charge in [-0.05, 0) is 40.2 Å². The van der Waals surface area contributed by atoms with Crippen LogP contribution in [0.15, 0.2) is 24.3 Å². The summed E-state index contributed by atoms with van der Waals surface area (Å²) in [5.74, 6) is -3.36. The van der Waals surface area contributed by atoms with E-state index in [0.29, 0.717) is 5.56 Å². The standard InChI is InChI=1S/C16H23F2NO3/c1-14(2,3)22-13(20)19-10-11-6-8-12(9-7-11)16(17,18)15(4,5)21/h6-9,21H,10H2,1-5H3,(H,19,20). The molecule has 22 heavy (non-hydrogen) atoms. The molecule has 0 aliphatic heterocycles. The highest BCUT2D eigenvalue weighted by Crippen LogP contribution is 2.38. The lowest BCUT2D eigenvalue weighted by atomic mass is 9.93. The molecule has 1 aromatic rings. The van der Waals surface area contributed by atoms with E-state index in [2.05, 4.69) is 5.32 Å². The molecule has 124 valence electrons. The number of alkyl halides is 2. The van der Waals surface area contributed by atoms with Crippen molar-refractivity contribution < 1.29 is 23.4 Å². The molecule has 2 N–H and O–H groups in total. The lowest BCUT2D eigenvalue weighted by Crippen LogP contribution is -2.40. The Morgan fingerprint density at radius 3 is 2.05 bits per heavy atom. The van der Waals surface area contributed by atoms with E-state index in [9.17, 15) is 18.7 Å². The molecule has 0 saturated heterocycles. The second-order valence-corrected chi connectivity index (χ2v) is 6.69. The molecule has 0 bridgehead atoms. The Bertz CT molecular complexity index is 514. The number of carbonyl (C=O) groups is 1. The zero-order valence-corrected chi connectivity index (χ0v) is 13.5. The molecule has 0 aliphatic rings. The highest BCUT2D eigenvalue weighted by molar-refractivity contribution is 5.67. The SMILES string of the molecule is CC(C)(C)OC(=O)NCc1ccc(C(F)(F)C(C)(C)O)cc1. The smallest absolute Gasteiger partial charge is 0.407 e. The van der Waals surface area contributed by atoms with Crippen LogP contribution >= 0.6 is 0 Å². The van der Waals surface area contributed by atoms with Crippen molar-refractivity contribution in [2.24, 2.45) is 0 Å². The monoisotopic (exact) mass is 315 g/mol. The first-order valence-corrected chi connectivity index (χ1v) is 6.99. The summed E-state index contributed by atoms with van der Waals surface area (Å²) < 4.78 is 33.0. The normalized spacial score (nSPS) is 12.9. The van der Waals surface area contributed by atoms with E-state index in [0.717, 1.165) is 13.8 Å². The highest BCUT2D eigenvalue weighted by atomic mass is 19.3. The number of halogens is 2. The maximum absolute atomic E-state index is 14.0. The van der Waals surface area contributed by atoms with E-state index in [1.807, 2.05) is 0 Å². The van der Waals surface area contributed by atoms with Crippen molar-refractivity contribution in [1.82, 2.24) is 5.32 Å². The quantitative estimate of drug-likeness (QED) is 0.893. The van der Waals surface area contributed by atoms with Crippen LogP contribution < -0.4 is 5.32 Å². The number of hydrogen-bond donors (Lipinski definition) is 2. The van der Waals surface area contributed by atoms with Gasteiger partial charge in [-0.2, -0.15) is 8.78 Å². The van der Waals surface area contributed by atoms with Gasteiger partial charge in [-0.3, -0.25) is 0 Å². The third kappa shape index (κ3) is 4.94. The Hall–Kier alpha value is -1.69. The molecule has 0 unspecified atom stereocenters. The molecule has 0 heterocycles. The molecule has 1 aromatic carbocycles. The van der Waals surface area contributed by atoms with Crippen LogP contribution in [0.3, 0.4) is 0 Å². The van der Waals surface area contributed by atoms with Crippen molar-refractivity contribution in [3.63, 3.8) is 0 Å². The topological polar surface area (TPSA) is 58.6 Å². The molecule has 6 heteroatoms. The Morgan fingerprint density at radius 1 is 1.14 bits per heavy atom. The minimum absolute atomic E-state index is 0.170. The molecular formula is C16H23F2NO3. The molecule has 0 atom stereocenters. The molecule has 0 aromatic heterocycles. The summed E-state index contributed by atoms with van der Waals surface area (Å²) in [6.07, 6.45) is -0.571. The van der Waals surface area contributed by atoms with Crippen LogP contribution in [0.1, 0.15) is 45.7 Å². The van der Waals surface area contributed by atoms with Gasteiger partial charge in [0.05, 0.1) is 0 Å². The number of hydrogen-bond acceptors (Lipinski definition) is 3. The fourth-order valence-corrected chi connectivity index (χ4v) is 1.67. The molecule has 0 aliphatic carbocycles. The van der Waals surface area contributed by atoms with E-state index in [4.69, 9.17) is 4.74 Å². The van der Waals surface area contributed by atoms with Crippen LogP contribution in [-0.2, 0) is 17.2 Å². The highest BCUT2D eigenvalue weighted by Gasteiger charge is 2.46. The molecule has 0 saturated carbocycles. The zero-order valence-electron chi connectivity index (χ0n) is 13.5. The van der Waals surface area contributed by atoms with Crippen molar-refractivity contribution in [3.05, 3.63) is 35.4 Å². The minimum Gasteiger partial charge on any atom is -0.444 e. The van der Waals surface area contributed by atoms with Gasteiger partial charge in [0.15, 0.2) is 0 Å². The molecule has 1 rings (SSSR count). The van der Waals surface area contributed by atoms with Gasteiger partial charge < -0.3 is 15.2 Å². The van der Waals surface area contributed by atoms with Crippen molar-refractivity contribution in [2.45, 2.75) is 58.3 Å². The Morgan fingerprint density at radius 2 is 1.64 bits per heavy atom. The van der Waals surface area contributed by atoms with E-state index in [-0.39, 0.29) is 12.1 Å². The predicted octanol–water partition coefficient (Wildman–Crippen LogP) is 3.57. The summed E-state index contributed by atoms with van der Waals surface area (Å²) in [6, 6.07) is 5.44. The summed E-state index contributed by atoms with van der Waals surface area (Å²) in [4.78, 5) is 11.5. The van der Waals surface area contributed by atoms with Crippen LogP contribution in [0, 0.1) is 0 Å². The van der Waals surface area contributed by atoms with Gasteiger partial charge in [0.25, 0.3) is 0 Å². The van der Waals surface area contributed by atoms with Crippen molar-refractivity contribution in [2.75, 3.05) is 0 Å². The number of nitrogens with one attached hydrogen (secondary N) is 1. The van der Waals surface area contributed by atoms with E-state index in [1.54, 1.807) is 20.8 Å². The summed E-state index contributed by atoms with van der Waals surface area (Å²) in [6.45, 7) is 7.54. The second-order valence-electron chi connectivity index (χ2n) is 6.69. The summed E-state index contributed by atoms with van der Waals surface area (Å²) in [5, 5.41) is 12.1. The number of benzene rings is 1. The van der Waals surface area contributed by atoms with Crippen LogP contribution in [0.25, 0.3) is 0 Å². The van der Waals surface area contributed by atoms with Crippen molar-refractivity contribution in [1.29, 1.82) is 0 Å². The van der Waals surface area contributed by atoms with E-state index in [1.165, 1.54) is 24.3 Å². The first-order valence-electron chi connectivity index (χ1n) is 6.99. The average Bonchev–Trinajstić information content (AvgIpc) is 2.33. The Balaban J connectivity index is 2.69. The van der Waals surface area contributed by atoms with Gasteiger partial charge in [0, 0.05) is 12.1 Å². The summed E-state index contributed by atoms with van der Waals surface area (Å²) in [7, 11) is 0. The summed E-state index contributed by atoms with van der Waals surface area (Å²) >= 11 is 0. The fraction of sp³-hybridized carbons (Fsp3) is 0.562. The molecule has 1 amide bonds. The summed E-state index contributed by atoms with van der Waals surface area (Å²) in [5.41, 5.74) is -2.37. The lowest BCUT2D eigenvalue weighted by molar-refractivity contribution is -0.168.